The normalized spacial score (nSPS) is 12.9. The van der Waals surface area contributed by atoms with E-state index in [1.54, 1.807) is 46.2 Å². The molecule has 0 radical (unpaired) electrons. The number of amides is 3. The third-order valence-electron chi connectivity index (χ3n) is 6.67. The smallest absolute Gasteiger partial charge is 0.322 e. The molecule has 2 N–H and O–H groups in total. The second kappa shape index (κ2) is 11.7. The summed E-state index contributed by atoms with van der Waals surface area (Å²) in [4.78, 5) is 33.6. The number of halogens is 3. The van der Waals surface area contributed by atoms with Crippen molar-refractivity contribution in [2.24, 2.45) is 0 Å². The SMILES string of the molecule is O=C(CN(C(=O)Nc1cccc(Cl)c1)C1CC1)N(CCc1c[nH]c2ccccc12)Cc1ccc(Cl)c(Cl)c1. The molecule has 1 aromatic heterocycles. The van der Waals surface area contributed by atoms with Crippen LogP contribution in [0.5, 0.6) is 0 Å². The van der Waals surface area contributed by atoms with Crippen LogP contribution in [0.1, 0.15) is 24.0 Å². The molecule has 1 heterocycles. The minimum Gasteiger partial charge on any atom is -0.361 e. The van der Waals surface area contributed by atoms with Gasteiger partial charge in [-0.25, -0.2) is 4.79 Å². The molecule has 9 heteroatoms. The van der Waals surface area contributed by atoms with Crippen LogP contribution in [0.25, 0.3) is 10.9 Å². The van der Waals surface area contributed by atoms with Gasteiger partial charge in [0.15, 0.2) is 0 Å². The number of aromatic amines is 1. The predicted molar refractivity (Wildman–Crippen MR) is 154 cm³/mol. The third-order valence-corrected chi connectivity index (χ3v) is 7.64. The highest BCUT2D eigenvalue weighted by Crippen LogP contribution is 2.29. The van der Waals surface area contributed by atoms with Gasteiger partial charge in [0.25, 0.3) is 0 Å². The number of para-hydroxylation sites is 1. The highest BCUT2D eigenvalue weighted by Gasteiger charge is 2.35. The average Bonchev–Trinajstić information content (AvgIpc) is 3.66. The molecule has 1 saturated carbocycles. The molecule has 0 spiro atoms. The Balaban J connectivity index is 1.33. The Kier molecular flexibility index (Phi) is 8.12. The van der Waals surface area contributed by atoms with E-state index < -0.39 is 0 Å². The van der Waals surface area contributed by atoms with Crippen LogP contribution in [0, 0.1) is 0 Å². The van der Waals surface area contributed by atoms with Crippen LogP contribution >= 0.6 is 34.8 Å². The summed E-state index contributed by atoms with van der Waals surface area (Å²) in [6.07, 6.45) is 4.40. The first-order valence-electron chi connectivity index (χ1n) is 12.5. The molecule has 0 aliphatic heterocycles. The lowest BCUT2D eigenvalue weighted by Crippen LogP contribution is -2.45. The Bertz CT molecular complexity index is 1470. The van der Waals surface area contributed by atoms with Crippen LogP contribution in [0.2, 0.25) is 15.1 Å². The maximum absolute atomic E-state index is 13.7. The van der Waals surface area contributed by atoms with Crippen molar-refractivity contribution < 1.29 is 9.59 Å². The van der Waals surface area contributed by atoms with Gasteiger partial charge in [-0.2, -0.15) is 0 Å². The van der Waals surface area contributed by atoms with Crippen LogP contribution in [0.3, 0.4) is 0 Å². The van der Waals surface area contributed by atoms with Crippen molar-refractivity contribution >= 4 is 63.3 Å². The first-order chi connectivity index (χ1) is 18.4. The fourth-order valence-corrected chi connectivity index (χ4v) is 5.02. The number of H-pyrrole nitrogens is 1. The van der Waals surface area contributed by atoms with E-state index in [2.05, 4.69) is 16.4 Å². The van der Waals surface area contributed by atoms with Crippen LogP contribution in [0.4, 0.5) is 10.5 Å². The zero-order valence-corrected chi connectivity index (χ0v) is 22.9. The van der Waals surface area contributed by atoms with Gasteiger partial charge in [0, 0.05) is 46.9 Å². The third kappa shape index (κ3) is 6.44. The number of nitrogens with zero attached hydrogens (tertiary/aromatic N) is 2. The van der Waals surface area contributed by atoms with Crippen molar-refractivity contribution in [2.75, 3.05) is 18.4 Å². The summed E-state index contributed by atoms with van der Waals surface area (Å²) < 4.78 is 0. The number of fused-ring (bicyclic) bond motifs is 1. The fourth-order valence-electron chi connectivity index (χ4n) is 4.50. The summed E-state index contributed by atoms with van der Waals surface area (Å²) in [6.45, 7) is 0.814. The van der Waals surface area contributed by atoms with E-state index in [1.165, 1.54) is 0 Å². The van der Waals surface area contributed by atoms with E-state index in [-0.39, 0.29) is 24.5 Å². The van der Waals surface area contributed by atoms with E-state index in [4.69, 9.17) is 34.8 Å². The molecule has 0 atom stereocenters. The zero-order chi connectivity index (χ0) is 26.6. The first-order valence-corrected chi connectivity index (χ1v) is 13.6. The van der Waals surface area contributed by atoms with E-state index in [0.717, 1.165) is 34.9 Å². The lowest BCUT2D eigenvalue weighted by molar-refractivity contribution is -0.132. The number of rotatable bonds is 9. The number of anilines is 1. The summed E-state index contributed by atoms with van der Waals surface area (Å²) in [5.41, 5.74) is 3.65. The Morgan fingerprint density at radius 1 is 0.947 bits per heavy atom. The van der Waals surface area contributed by atoms with Crippen molar-refractivity contribution in [1.29, 1.82) is 0 Å². The first kappa shape index (κ1) is 26.4. The molecule has 38 heavy (non-hydrogen) atoms. The molecule has 1 aliphatic rings. The number of benzene rings is 3. The number of carbonyl (C=O) groups excluding carboxylic acids is 2. The lowest BCUT2D eigenvalue weighted by atomic mass is 10.1. The minimum atomic E-state index is -0.311. The molecule has 0 saturated heterocycles. The summed E-state index contributed by atoms with van der Waals surface area (Å²) in [5.74, 6) is -0.135. The minimum absolute atomic E-state index is 0.0216. The molecule has 196 valence electrons. The van der Waals surface area contributed by atoms with Gasteiger partial charge in [0.05, 0.1) is 10.0 Å². The van der Waals surface area contributed by atoms with Crippen LogP contribution in [0.15, 0.2) is 72.9 Å². The number of hydrogen-bond donors (Lipinski definition) is 2. The van der Waals surface area contributed by atoms with Crippen molar-refractivity contribution in [3.63, 3.8) is 0 Å². The number of hydrogen-bond acceptors (Lipinski definition) is 2. The maximum atomic E-state index is 13.7. The monoisotopic (exact) mass is 568 g/mol. The maximum Gasteiger partial charge on any atom is 0.322 e. The second-order valence-corrected chi connectivity index (χ2v) is 10.7. The predicted octanol–water partition coefficient (Wildman–Crippen LogP) is 7.40. The van der Waals surface area contributed by atoms with Gasteiger partial charge in [-0.3, -0.25) is 4.79 Å². The molecule has 4 aromatic rings. The van der Waals surface area contributed by atoms with E-state index >= 15 is 0 Å². The summed E-state index contributed by atoms with van der Waals surface area (Å²) in [6, 6.07) is 20.2. The average molecular weight is 570 g/mol. The van der Waals surface area contributed by atoms with Gasteiger partial charge in [-0.15, -0.1) is 0 Å². The molecule has 3 aromatic carbocycles. The molecule has 3 amide bonds. The lowest BCUT2D eigenvalue weighted by Gasteiger charge is -2.28. The fraction of sp³-hybridized carbons (Fsp3) is 0.241. The van der Waals surface area contributed by atoms with Crippen molar-refractivity contribution in [1.82, 2.24) is 14.8 Å². The standard InChI is InChI=1S/C29H27Cl3N4O2/c30-21-4-3-5-22(15-21)34-29(38)36(23-9-10-23)18-28(37)35(17-19-8-11-25(31)26(32)14-19)13-12-20-16-33-27-7-2-1-6-24(20)27/h1-8,11,14-16,23,33H,9-10,12-13,17-18H2,(H,34,38). The van der Waals surface area contributed by atoms with E-state index in [1.807, 2.05) is 30.5 Å². The molecule has 0 unspecified atom stereocenters. The summed E-state index contributed by atoms with van der Waals surface area (Å²) in [7, 11) is 0. The van der Waals surface area contributed by atoms with Crippen molar-refractivity contribution in [2.45, 2.75) is 31.8 Å². The molecule has 0 bridgehead atoms. The van der Waals surface area contributed by atoms with Crippen LogP contribution < -0.4 is 5.32 Å². The number of aromatic nitrogens is 1. The molecule has 1 aliphatic carbocycles. The Morgan fingerprint density at radius 3 is 2.53 bits per heavy atom. The molecular weight excluding hydrogens is 543 g/mol. The zero-order valence-electron chi connectivity index (χ0n) is 20.6. The molecular formula is C29H27Cl3N4O2. The van der Waals surface area contributed by atoms with E-state index in [0.29, 0.717) is 40.3 Å². The highest BCUT2D eigenvalue weighted by atomic mass is 35.5. The topological polar surface area (TPSA) is 68.4 Å². The van der Waals surface area contributed by atoms with Gasteiger partial charge in [0.1, 0.15) is 6.54 Å². The van der Waals surface area contributed by atoms with Gasteiger partial charge in [0.2, 0.25) is 5.91 Å². The van der Waals surface area contributed by atoms with Gasteiger partial charge in [-0.05, 0) is 66.8 Å². The molecule has 1 fully saturated rings. The number of carbonyl (C=O) groups is 2. The highest BCUT2D eigenvalue weighted by molar-refractivity contribution is 6.42. The summed E-state index contributed by atoms with van der Waals surface area (Å²) in [5, 5.41) is 5.45. The number of urea groups is 1. The van der Waals surface area contributed by atoms with Gasteiger partial charge in [-0.1, -0.05) is 65.1 Å². The van der Waals surface area contributed by atoms with Crippen LogP contribution in [-0.4, -0.2) is 45.9 Å². The summed E-state index contributed by atoms with van der Waals surface area (Å²) >= 11 is 18.4. The largest absolute Gasteiger partial charge is 0.361 e. The molecule has 5 rings (SSSR count). The van der Waals surface area contributed by atoms with Gasteiger partial charge >= 0.3 is 6.03 Å². The Morgan fingerprint density at radius 2 is 1.76 bits per heavy atom. The van der Waals surface area contributed by atoms with Gasteiger partial charge < -0.3 is 20.1 Å². The van der Waals surface area contributed by atoms with Crippen molar-refractivity contribution in [3.8, 4) is 0 Å². The Labute approximate surface area is 236 Å². The van der Waals surface area contributed by atoms with Crippen molar-refractivity contribution in [3.05, 3.63) is 99.1 Å². The van der Waals surface area contributed by atoms with E-state index in [9.17, 15) is 9.59 Å². The Hall–Kier alpha value is -3.19. The second-order valence-electron chi connectivity index (χ2n) is 9.47. The number of nitrogens with one attached hydrogen (secondary N) is 2. The van der Waals surface area contributed by atoms with Crippen LogP contribution in [-0.2, 0) is 17.8 Å². The quantitative estimate of drug-likeness (QED) is 0.221. The molecule has 6 nitrogen and oxygen atoms in total.